The van der Waals surface area contributed by atoms with Crippen LogP contribution >= 0.6 is 0 Å². The molecule has 0 unspecified atom stereocenters. The second-order valence-electron chi connectivity index (χ2n) is 6.74. The van der Waals surface area contributed by atoms with Crippen molar-refractivity contribution in [3.63, 3.8) is 0 Å². The fourth-order valence-corrected chi connectivity index (χ4v) is 2.50. The number of hydrogen-bond acceptors (Lipinski definition) is 4. The van der Waals surface area contributed by atoms with E-state index in [4.69, 9.17) is 4.74 Å². The molecule has 2 aromatic rings. The minimum Gasteiger partial charge on any atom is -0.438 e. The molecule has 0 radical (unpaired) electrons. The van der Waals surface area contributed by atoms with Crippen LogP contribution in [-0.2, 0) is 5.41 Å². The van der Waals surface area contributed by atoms with E-state index < -0.39 is 0 Å². The first-order chi connectivity index (χ1) is 11.0. The van der Waals surface area contributed by atoms with Gasteiger partial charge in [0, 0.05) is 19.3 Å². The number of benzene rings is 1. The third kappa shape index (κ3) is 3.70. The number of nitrogens with zero attached hydrogens (tertiary/aromatic N) is 2. The fraction of sp³-hybridized carbons (Fsp3) is 0.368. The van der Waals surface area contributed by atoms with E-state index in [0.717, 1.165) is 36.7 Å². The van der Waals surface area contributed by atoms with Crippen LogP contribution < -0.4 is 10.1 Å². The Labute approximate surface area is 137 Å². The molecule has 0 fully saturated rings. The highest BCUT2D eigenvalue weighted by atomic mass is 16.5. The predicted octanol–water partition coefficient (Wildman–Crippen LogP) is 3.91. The molecule has 0 bridgehead atoms. The predicted molar refractivity (Wildman–Crippen MR) is 93.5 cm³/mol. The van der Waals surface area contributed by atoms with Crippen LogP contribution in [0.4, 0.5) is 0 Å². The third-order valence-electron chi connectivity index (χ3n) is 3.86. The molecule has 0 atom stereocenters. The summed E-state index contributed by atoms with van der Waals surface area (Å²) >= 11 is 0. The highest BCUT2D eigenvalue weighted by Gasteiger charge is 2.16. The maximum Gasteiger partial charge on any atom is 0.230 e. The van der Waals surface area contributed by atoms with Gasteiger partial charge in [-0.25, -0.2) is 4.98 Å². The Morgan fingerprint density at radius 2 is 1.87 bits per heavy atom. The molecule has 0 aliphatic carbocycles. The molecule has 0 saturated heterocycles. The van der Waals surface area contributed by atoms with Gasteiger partial charge >= 0.3 is 0 Å². The minimum absolute atomic E-state index is 0.134. The Morgan fingerprint density at radius 3 is 2.52 bits per heavy atom. The molecule has 3 rings (SSSR count). The maximum atomic E-state index is 6.00. The van der Waals surface area contributed by atoms with Gasteiger partial charge < -0.3 is 10.1 Å². The smallest absolute Gasteiger partial charge is 0.230 e. The highest BCUT2D eigenvalue weighted by molar-refractivity contribution is 6.01. The van der Waals surface area contributed by atoms with Gasteiger partial charge in [-0.05, 0) is 41.7 Å². The van der Waals surface area contributed by atoms with Crippen molar-refractivity contribution in [1.29, 1.82) is 0 Å². The van der Waals surface area contributed by atoms with Crippen LogP contribution in [0.15, 0.2) is 47.6 Å². The molecule has 0 saturated carbocycles. The van der Waals surface area contributed by atoms with E-state index in [1.165, 1.54) is 5.56 Å². The lowest BCUT2D eigenvalue weighted by molar-refractivity contribution is 0.460. The SMILES string of the molecule is CC(C)(C)c1ccc(Oc2ncccc2C2=NCCCN2)cc1. The monoisotopic (exact) mass is 309 g/mol. The number of aromatic nitrogens is 1. The van der Waals surface area contributed by atoms with Gasteiger partial charge in [0.2, 0.25) is 5.88 Å². The first-order valence-corrected chi connectivity index (χ1v) is 8.06. The van der Waals surface area contributed by atoms with E-state index in [-0.39, 0.29) is 5.41 Å². The number of hydrogen-bond donors (Lipinski definition) is 1. The Hall–Kier alpha value is -2.36. The van der Waals surface area contributed by atoms with Crippen molar-refractivity contribution >= 4 is 5.84 Å². The standard InChI is InChI=1S/C19H23N3O/c1-19(2,3)14-7-9-15(10-8-14)23-18-16(6-4-11-22-18)17-20-12-5-13-21-17/h4,6-11H,5,12-13H2,1-3H3,(H,20,21). The summed E-state index contributed by atoms with van der Waals surface area (Å²) in [4.78, 5) is 8.91. The summed E-state index contributed by atoms with van der Waals surface area (Å²) in [5, 5.41) is 3.32. The fourth-order valence-electron chi connectivity index (χ4n) is 2.50. The molecule has 0 amide bonds. The topological polar surface area (TPSA) is 46.5 Å². The molecule has 1 aromatic carbocycles. The number of aliphatic imine (C=N–C) groups is 1. The number of ether oxygens (including phenoxy) is 1. The Morgan fingerprint density at radius 1 is 1.09 bits per heavy atom. The van der Waals surface area contributed by atoms with Gasteiger partial charge in [-0.1, -0.05) is 32.9 Å². The largest absolute Gasteiger partial charge is 0.438 e. The molecule has 1 aliphatic heterocycles. The van der Waals surface area contributed by atoms with Crippen LogP contribution in [0.25, 0.3) is 0 Å². The number of rotatable bonds is 3. The van der Waals surface area contributed by atoms with E-state index in [9.17, 15) is 0 Å². The Bertz CT molecular complexity index is 699. The third-order valence-corrected chi connectivity index (χ3v) is 3.86. The number of pyridine rings is 1. The Balaban J connectivity index is 1.84. The van der Waals surface area contributed by atoms with Gasteiger partial charge in [0.15, 0.2) is 0 Å². The van der Waals surface area contributed by atoms with Gasteiger partial charge in [-0.15, -0.1) is 0 Å². The molecule has 1 aromatic heterocycles. The summed E-state index contributed by atoms with van der Waals surface area (Å²) in [5.41, 5.74) is 2.33. The zero-order chi connectivity index (χ0) is 16.3. The quantitative estimate of drug-likeness (QED) is 0.935. The van der Waals surface area contributed by atoms with Crippen LogP contribution in [0.2, 0.25) is 0 Å². The second kappa shape index (κ2) is 6.41. The lowest BCUT2D eigenvalue weighted by atomic mass is 9.87. The van der Waals surface area contributed by atoms with Crippen LogP contribution in [0, 0.1) is 0 Å². The molecular formula is C19H23N3O. The van der Waals surface area contributed by atoms with Gasteiger partial charge in [-0.3, -0.25) is 4.99 Å². The zero-order valence-electron chi connectivity index (χ0n) is 14.0. The number of nitrogens with one attached hydrogen (secondary N) is 1. The average molecular weight is 309 g/mol. The van der Waals surface area contributed by atoms with Crippen molar-refractivity contribution in [3.05, 3.63) is 53.7 Å². The van der Waals surface area contributed by atoms with E-state index in [2.05, 4.69) is 48.2 Å². The summed E-state index contributed by atoms with van der Waals surface area (Å²) in [7, 11) is 0. The van der Waals surface area contributed by atoms with Crippen LogP contribution in [0.5, 0.6) is 11.6 Å². The minimum atomic E-state index is 0.134. The molecule has 4 heteroatoms. The summed E-state index contributed by atoms with van der Waals surface area (Å²) in [6.45, 7) is 8.39. The zero-order valence-corrected chi connectivity index (χ0v) is 14.0. The van der Waals surface area contributed by atoms with Gasteiger partial charge in [0.1, 0.15) is 11.6 Å². The summed E-state index contributed by atoms with van der Waals surface area (Å²) in [6, 6.07) is 12.1. The van der Waals surface area contributed by atoms with E-state index in [1.807, 2.05) is 24.3 Å². The molecule has 4 nitrogen and oxygen atoms in total. The first-order valence-electron chi connectivity index (χ1n) is 8.06. The maximum absolute atomic E-state index is 6.00. The molecule has 120 valence electrons. The van der Waals surface area contributed by atoms with E-state index >= 15 is 0 Å². The van der Waals surface area contributed by atoms with Gasteiger partial charge in [0.25, 0.3) is 0 Å². The van der Waals surface area contributed by atoms with Crippen molar-refractivity contribution in [1.82, 2.24) is 10.3 Å². The average Bonchev–Trinajstić information content (AvgIpc) is 2.56. The summed E-state index contributed by atoms with van der Waals surface area (Å²) in [6.07, 6.45) is 2.81. The van der Waals surface area contributed by atoms with Gasteiger partial charge in [-0.2, -0.15) is 0 Å². The molecular weight excluding hydrogens is 286 g/mol. The molecule has 1 N–H and O–H groups in total. The first kappa shape index (κ1) is 15.5. The van der Waals surface area contributed by atoms with Crippen molar-refractivity contribution in [2.24, 2.45) is 4.99 Å². The van der Waals surface area contributed by atoms with Gasteiger partial charge in [0.05, 0.1) is 5.56 Å². The van der Waals surface area contributed by atoms with Crippen LogP contribution in [0.1, 0.15) is 38.3 Å². The summed E-state index contributed by atoms with van der Waals surface area (Å²) < 4.78 is 6.00. The molecule has 1 aliphatic rings. The van der Waals surface area contributed by atoms with Crippen LogP contribution in [-0.4, -0.2) is 23.9 Å². The Kier molecular flexibility index (Phi) is 4.33. The second-order valence-corrected chi connectivity index (χ2v) is 6.74. The van der Waals surface area contributed by atoms with Crippen LogP contribution in [0.3, 0.4) is 0 Å². The number of amidine groups is 1. The molecule has 2 heterocycles. The highest BCUT2D eigenvalue weighted by Crippen LogP contribution is 2.27. The van der Waals surface area contributed by atoms with Crippen molar-refractivity contribution in [3.8, 4) is 11.6 Å². The normalized spacial score (nSPS) is 14.8. The van der Waals surface area contributed by atoms with Crippen molar-refractivity contribution in [2.45, 2.75) is 32.6 Å². The summed E-state index contributed by atoms with van der Waals surface area (Å²) in [5.74, 6) is 2.24. The van der Waals surface area contributed by atoms with E-state index in [0.29, 0.717) is 5.88 Å². The van der Waals surface area contributed by atoms with Crippen molar-refractivity contribution < 1.29 is 4.74 Å². The molecule has 0 spiro atoms. The van der Waals surface area contributed by atoms with E-state index in [1.54, 1.807) is 6.20 Å². The lowest BCUT2D eigenvalue weighted by Gasteiger charge is -2.19. The molecule has 23 heavy (non-hydrogen) atoms. The van der Waals surface area contributed by atoms with Crippen molar-refractivity contribution in [2.75, 3.05) is 13.1 Å². The lowest BCUT2D eigenvalue weighted by Crippen LogP contribution is -2.30.